The van der Waals surface area contributed by atoms with E-state index in [1.54, 1.807) is 18.3 Å². The maximum absolute atomic E-state index is 13.9. The number of nitro groups is 1. The van der Waals surface area contributed by atoms with Gasteiger partial charge in [0.2, 0.25) is 5.88 Å². The van der Waals surface area contributed by atoms with Crippen LogP contribution in [0.15, 0.2) is 84.0 Å². The molecule has 3 N–H and O–H groups in total. The predicted octanol–water partition coefficient (Wildman–Crippen LogP) is 8.33. The van der Waals surface area contributed by atoms with E-state index < -0.39 is 31.4 Å². The number of benzene rings is 2. The minimum absolute atomic E-state index is 0.0868. The minimum Gasteiger partial charge on any atom is -0.436 e. The third-order valence-corrected chi connectivity index (χ3v) is 14.9. The van der Waals surface area contributed by atoms with Crippen molar-refractivity contribution in [2.45, 2.75) is 88.1 Å². The van der Waals surface area contributed by atoms with Crippen LogP contribution in [0.4, 0.5) is 17.2 Å². The molecule has 3 aromatic heterocycles. The van der Waals surface area contributed by atoms with Crippen molar-refractivity contribution in [2.75, 3.05) is 49.6 Å². The first kappa shape index (κ1) is 41.8. The summed E-state index contributed by atoms with van der Waals surface area (Å²) in [6, 6.07) is 20.4. The zero-order valence-electron chi connectivity index (χ0n) is 35.2. The lowest BCUT2D eigenvalue weighted by atomic mass is 9.60. The van der Waals surface area contributed by atoms with E-state index in [0.717, 1.165) is 56.8 Å². The Morgan fingerprint density at radius 2 is 1.82 bits per heavy atom. The molecule has 6 heterocycles. The van der Waals surface area contributed by atoms with Crippen molar-refractivity contribution in [2.24, 2.45) is 11.3 Å². The number of sulfonamides is 1. The van der Waals surface area contributed by atoms with E-state index >= 15 is 0 Å². The summed E-state index contributed by atoms with van der Waals surface area (Å²) in [7, 11) is -4.57. The molecule has 3 saturated heterocycles. The molecule has 4 aliphatic rings. The van der Waals surface area contributed by atoms with Crippen molar-refractivity contribution in [3.8, 4) is 11.6 Å². The van der Waals surface area contributed by atoms with Crippen molar-refractivity contribution in [3.05, 3.63) is 106 Å². The maximum Gasteiger partial charge on any atom is 0.293 e. The molecule has 62 heavy (non-hydrogen) atoms. The van der Waals surface area contributed by atoms with Crippen molar-refractivity contribution in [3.63, 3.8) is 0 Å². The average molecular weight is 863 g/mol. The molecule has 5 aromatic rings. The molecule has 1 saturated carbocycles. The highest BCUT2D eigenvalue weighted by molar-refractivity contribution is 7.90. The number of nitro benzene ring substituents is 1. The number of carbonyl (C=O) groups is 1. The van der Waals surface area contributed by atoms with Gasteiger partial charge < -0.3 is 24.7 Å². The standard InChI is InChI=1S/C46H54N8O7S/c1-30(2)36-6-3-4-7-37(36)40-8-5-19-53(40)33-26-46(27-33)16-20-52(21-17-46)42-12-10-38(45(50-42)61-34-24-32-13-18-47-43(32)49-29-34)44(55)51-62(58,59)35-9-11-39(41(25-35)54(56)57)48-28-31-14-22-60-23-15-31/h3-4,6-7,9-13,18,24-25,29-31,33,40,48H,5,8,14-17,19-23,26-28H2,1-2H3,(H,47,49)(H,51,55). The van der Waals surface area contributed by atoms with Crippen LogP contribution in [-0.4, -0.2) is 84.5 Å². The summed E-state index contributed by atoms with van der Waals surface area (Å²) in [5.41, 5.74) is 3.55. The smallest absolute Gasteiger partial charge is 0.293 e. The van der Waals surface area contributed by atoms with Gasteiger partial charge in [-0.1, -0.05) is 38.1 Å². The van der Waals surface area contributed by atoms with Gasteiger partial charge in [-0.2, -0.15) is 4.98 Å². The highest BCUT2D eigenvalue weighted by Gasteiger charge is 2.50. The zero-order chi connectivity index (χ0) is 43.0. The number of nitrogens with one attached hydrogen (secondary N) is 3. The molecule has 16 heteroatoms. The molecule has 1 aliphatic carbocycles. The summed E-state index contributed by atoms with van der Waals surface area (Å²) >= 11 is 0. The van der Waals surface area contributed by atoms with E-state index in [4.69, 9.17) is 14.5 Å². The Labute approximate surface area is 361 Å². The number of anilines is 2. The van der Waals surface area contributed by atoms with Gasteiger partial charge in [-0.3, -0.25) is 19.8 Å². The fraction of sp³-hybridized carbons (Fsp3) is 0.457. The molecular weight excluding hydrogens is 809 g/mol. The lowest BCUT2D eigenvalue weighted by Crippen LogP contribution is -2.55. The molecule has 2 aromatic carbocycles. The summed E-state index contributed by atoms with van der Waals surface area (Å²) in [4.78, 5) is 42.2. The number of likely N-dealkylation sites (tertiary alicyclic amines) is 1. The number of fused-ring (bicyclic) bond motifs is 1. The van der Waals surface area contributed by atoms with Crippen LogP contribution in [0.25, 0.3) is 11.0 Å². The number of hydrogen-bond donors (Lipinski definition) is 3. The van der Waals surface area contributed by atoms with E-state index in [9.17, 15) is 23.3 Å². The second-order valence-corrected chi connectivity index (χ2v) is 19.4. The van der Waals surface area contributed by atoms with Crippen LogP contribution in [0.3, 0.4) is 0 Å². The van der Waals surface area contributed by atoms with Crippen LogP contribution in [0.1, 0.15) is 98.7 Å². The molecule has 326 valence electrons. The second kappa shape index (κ2) is 17.3. The van der Waals surface area contributed by atoms with Gasteiger partial charge in [0.1, 0.15) is 28.5 Å². The van der Waals surface area contributed by atoms with Crippen molar-refractivity contribution in [1.82, 2.24) is 24.6 Å². The summed E-state index contributed by atoms with van der Waals surface area (Å²) in [5.74, 6) is 0.616. The number of pyridine rings is 2. The molecule has 0 radical (unpaired) electrons. The molecular formula is C46H54N8O7S. The molecule has 9 rings (SSSR count). The minimum atomic E-state index is -4.57. The number of H-pyrrole nitrogens is 1. The van der Waals surface area contributed by atoms with E-state index in [1.807, 2.05) is 6.07 Å². The number of aromatic nitrogens is 3. The summed E-state index contributed by atoms with van der Waals surface area (Å²) < 4.78 is 41.1. The van der Waals surface area contributed by atoms with Gasteiger partial charge in [0.25, 0.3) is 21.6 Å². The molecule has 1 unspecified atom stereocenters. The quantitative estimate of drug-likeness (QED) is 0.0761. The molecule has 0 bridgehead atoms. The highest BCUT2D eigenvalue weighted by atomic mass is 32.2. The summed E-state index contributed by atoms with van der Waals surface area (Å²) in [6.07, 6.45) is 11.8. The number of rotatable bonds is 13. The number of amides is 1. The zero-order valence-corrected chi connectivity index (χ0v) is 36.0. The first-order chi connectivity index (χ1) is 29.9. The van der Waals surface area contributed by atoms with Crippen molar-refractivity contribution >= 4 is 44.2 Å². The van der Waals surface area contributed by atoms with Gasteiger partial charge in [-0.05, 0) is 123 Å². The third-order valence-electron chi connectivity index (χ3n) is 13.5. The van der Waals surface area contributed by atoms with Gasteiger partial charge in [0.05, 0.1) is 16.0 Å². The monoisotopic (exact) mass is 862 g/mol. The first-order valence-electron chi connectivity index (χ1n) is 21.8. The van der Waals surface area contributed by atoms with Crippen LogP contribution in [-0.2, 0) is 14.8 Å². The molecule has 15 nitrogen and oxygen atoms in total. The number of hydrogen-bond acceptors (Lipinski definition) is 12. The highest BCUT2D eigenvalue weighted by Crippen LogP contribution is 2.54. The average Bonchev–Trinajstić information content (AvgIpc) is 3.95. The fourth-order valence-corrected chi connectivity index (χ4v) is 11.0. The maximum atomic E-state index is 13.9. The van der Waals surface area contributed by atoms with Gasteiger partial charge >= 0.3 is 0 Å². The predicted molar refractivity (Wildman–Crippen MR) is 236 cm³/mol. The number of ether oxygens (including phenoxy) is 2. The van der Waals surface area contributed by atoms with E-state index in [-0.39, 0.29) is 28.5 Å². The molecule has 1 spiro atoms. The number of nitrogens with zero attached hydrogens (tertiary/aromatic N) is 5. The normalized spacial score (nSPS) is 19.8. The summed E-state index contributed by atoms with van der Waals surface area (Å²) in [6.45, 7) is 9.02. The van der Waals surface area contributed by atoms with Crippen LogP contribution in [0.5, 0.6) is 11.6 Å². The third kappa shape index (κ3) is 8.59. The molecule has 1 atom stereocenters. The van der Waals surface area contributed by atoms with Gasteiger partial charge in [-0.15, -0.1) is 0 Å². The van der Waals surface area contributed by atoms with E-state index in [2.05, 4.69) is 67.9 Å². The number of aromatic amines is 1. The molecule has 4 fully saturated rings. The number of carbonyl (C=O) groups excluding carboxylic acids is 1. The largest absolute Gasteiger partial charge is 0.436 e. The lowest BCUT2D eigenvalue weighted by Gasteiger charge is -2.56. The summed E-state index contributed by atoms with van der Waals surface area (Å²) in [5, 5.41) is 16.0. The van der Waals surface area contributed by atoms with Gasteiger partial charge in [0.15, 0.2) is 0 Å². The Balaban J connectivity index is 0.903. The van der Waals surface area contributed by atoms with Crippen LogP contribution >= 0.6 is 0 Å². The lowest BCUT2D eigenvalue weighted by molar-refractivity contribution is -0.384. The SMILES string of the molecule is CC(C)c1ccccc1C1CCCN1C1CC2(CCN(c3ccc(C(=O)NS(=O)(=O)c4ccc(NCC5CCOCC5)c([N+](=O)[O-])c4)c(Oc4cnc5[nH]ccc5c4)n3)CC2)C1. The van der Waals surface area contributed by atoms with Crippen molar-refractivity contribution < 1.29 is 27.6 Å². The first-order valence-corrected chi connectivity index (χ1v) is 23.3. The van der Waals surface area contributed by atoms with Gasteiger partial charge in [0, 0.05) is 62.6 Å². The topological polar surface area (TPSA) is 185 Å². The Bertz CT molecular complexity index is 2560. The van der Waals surface area contributed by atoms with Crippen molar-refractivity contribution in [1.29, 1.82) is 0 Å². The fourth-order valence-electron chi connectivity index (χ4n) is 10.1. The van der Waals surface area contributed by atoms with Crippen LogP contribution in [0, 0.1) is 21.4 Å². The Morgan fingerprint density at radius 1 is 1.03 bits per heavy atom. The van der Waals surface area contributed by atoms with Gasteiger partial charge in [-0.25, -0.2) is 18.1 Å². The van der Waals surface area contributed by atoms with E-state index in [1.165, 1.54) is 61.2 Å². The Kier molecular flexibility index (Phi) is 11.6. The second-order valence-electron chi connectivity index (χ2n) is 17.7. The van der Waals surface area contributed by atoms with E-state index in [0.29, 0.717) is 55.0 Å². The molecule has 1 amide bonds. The van der Waals surface area contributed by atoms with Crippen LogP contribution in [0.2, 0.25) is 0 Å². The Morgan fingerprint density at radius 3 is 2.60 bits per heavy atom. The Hall–Kier alpha value is -5.58. The van der Waals surface area contributed by atoms with Crippen LogP contribution < -0.4 is 19.7 Å². The molecule has 3 aliphatic heterocycles. The number of piperidine rings is 1.